The molecule has 0 unspecified atom stereocenters. The minimum Gasteiger partial charge on any atom is -0.499 e. The van der Waals surface area contributed by atoms with E-state index in [1.807, 2.05) is 128 Å². The summed E-state index contributed by atoms with van der Waals surface area (Å²) in [6.07, 6.45) is 8.85. The molecule has 12 nitrogen and oxygen atoms in total. The Balaban J connectivity index is 0.000000128. The second-order valence-electron chi connectivity index (χ2n) is 14.6. The molecule has 4 N–H and O–H groups in total. The number of ether oxygens (including phenoxy) is 1. The molecule has 3 atom stereocenters. The number of cyclic esters (lactones) is 2. The molecule has 13 rings (SSSR count). The molecule has 299 valence electrons. The summed E-state index contributed by atoms with van der Waals surface area (Å²) in [6, 6.07) is 37.8. The normalized spacial score (nSPS) is 23.9. The van der Waals surface area contributed by atoms with Crippen LogP contribution in [0.4, 0.5) is 0 Å². The van der Waals surface area contributed by atoms with E-state index in [9.17, 15) is 29.8 Å². The maximum Gasteiger partial charge on any atom is 0.317 e. The fraction of sp³-hybridized carbons (Fsp3) is 0.196. The number of hydroxylamine groups is 2. The second kappa shape index (κ2) is 17.6. The zero-order valence-electron chi connectivity index (χ0n) is 31.6. The van der Waals surface area contributed by atoms with E-state index < -0.39 is 0 Å². The van der Waals surface area contributed by atoms with Gasteiger partial charge in [-0.15, -0.1) is 9.81 Å². The standard InChI is InChI=1S/2C16H12N2O2.C9H9O3.C5H5N.Co/c2*19-17-15-13-9-5-1-2-6-10(9)14(16(15)18-20)12-8-4-3-7-11(12)13;1-5-3-2-4-6-7(5)9(11)12-8(6)10;1-2-4-6-5-3-1;/h2*1-8,13-14,17,19H;3,5-7H,4H2,1H3;1-5H;/q;;-1;;/t;;5-,6-,7+;;/m..0../s1. The summed E-state index contributed by atoms with van der Waals surface area (Å²) in [7, 11) is 0. The van der Waals surface area contributed by atoms with Crippen molar-refractivity contribution in [3.8, 4) is 0 Å². The smallest absolute Gasteiger partial charge is 0.317 e. The molecule has 59 heavy (non-hydrogen) atoms. The minimum atomic E-state index is -0.377. The van der Waals surface area contributed by atoms with Gasteiger partial charge in [0.1, 0.15) is 11.4 Å². The quantitative estimate of drug-likeness (QED) is 0.0453. The third-order valence-electron chi connectivity index (χ3n) is 11.6. The number of nitrogens with one attached hydrogen (secondary N) is 2. The van der Waals surface area contributed by atoms with Crippen LogP contribution in [0.1, 0.15) is 81.5 Å². The summed E-state index contributed by atoms with van der Waals surface area (Å²) < 4.78 is 4.54. The van der Waals surface area contributed by atoms with E-state index in [1.165, 1.54) is 0 Å². The van der Waals surface area contributed by atoms with E-state index >= 15 is 0 Å². The molecule has 13 heteroatoms. The van der Waals surface area contributed by atoms with Crippen LogP contribution in [-0.2, 0) is 31.1 Å². The van der Waals surface area contributed by atoms with Crippen LogP contribution >= 0.6 is 0 Å². The van der Waals surface area contributed by atoms with E-state index in [0.717, 1.165) is 44.5 Å². The summed E-state index contributed by atoms with van der Waals surface area (Å²) in [6.45, 7) is 1.91. The van der Waals surface area contributed by atoms with Gasteiger partial charge in [0, 0.05) is 35.1 Å². The third-order valence-corrected chi connectivity index (χ3v) is 11.6. The van der Waals surface area contributed by atoms with Gasteiger partial charge >= 0.3 is 11.9 Å². The van der Waals surface area contributed by atoms with Gasteiger partial charge in [0.25, 0.3) is 0 Å². The number of carbonyl (C=O) groups is 2. The molecular formula is C46H38CoN5O7-. The van der Waals surface area contributed by atoms with E-state index in [2.05, 4.69) is 37.1 Å². The van der Waals surface area contributed by atoms with Crippen molar-refractivity contribution in [1.29, 1.82) is 0 Å². The maximum absolute atomic E-state index is 11.3. The average Bonchev–Trinajstić information content (AvgIpc) is 3.59. The van der Waals surface area contributed by atoms with Gasteiger partial charge in [0.2, 0.25) is 0 Å². The van der Waals surface area contributed by atoms with Crippen molar-refractivity contribution in [1.82, 2.24) is 15.9 Å². The first-order valence-corrected chi connectivity index (χ1v) is 18.9. The number of nitroso groups, excluding NO2 is 2. The Kier molecular flexibility index (Phi) is 12.2. The Labute approximate surface area is 350 Å². The van der Waals surface area contributed by atoms with Gasteiger partial charge in [-0.1, -0.05) is 110 Å². The number of hydrogen-bond acceptors (Lipinski definition) is 12. The molecule has 0 amide bonds. The number of nitrogens with zero attached hydrogens (tertiary/aromatic N) is 3. The summed E-state index contributed by atoms with van der Waals surface area (Å²) in [4.78, 5) is 48.6. The SMILES string of the molecule is C[C@H]1C=[C-]C[C@@H]2C(=O)OC(=O)[C@@H]21.O=NC1=C(NO)C2c3ccccc3C1c1ccccc12.O=NC1=C(NO)C2c3ccccc3C1c1ccccc12.[Co].c1ccncc1. The molecule has 0 saturated carbocycles. The van der Waals surface area contributed by atoms with Crippen LogP contribution in [0.5, 0.6) is 0 Å². The summed E-state index contributed by atoms with van der Waals surface area (Å²) in [5, 5.41) is 25.3. The van der Waals surface area contributed by atoms with Crippen LogP contribution in [0.3, 0.4) is 0 Å². The first-order chi connectivity index (χ1) is 28.4. The first kappa shape index (κ1) is 40.8. The van der Waals surface area contributed by atoms with Gasteiger partial charge in [-0.3, -0.25) is 42.0 Å². The van der Waals surface area contributed by atoms with Gasteiger partial charge in [0.05, 0.1) is 41.0 Å². The second-order valence-corrected chi connectivity index (χ2v) is 14.6. The van der Waals surface area contributed by atoms with Crippen LogP contribution in [0, 0.1) is 33.6 Å². The van der Waals surface area contributed by atoms with Crippen molar-refractivity contribution in [2.24, 2.45) is 28.1 Å². The Hall–Kier alpha value is -6.38. The zero-order chi connectivity index (χ0) is 40.3. The monoisotopic (exact) mass is 831 g/mol. The fourth-order valence-corrected chi connectivity index (χ4v) is 9.22. The average molecular weight is 832 g/mol. The molecule has 1 saturated heterocycles. The van der Waals surface area contributed by atoms with E-state index in [4.69, 9.17) is 0 Å². The molecule has 4 aromatic carbocycles. The van der Waals surface area contributed by atoms with Crippen molar-refractivity contribution in [2.45, 2.75) is 37.0 Å². The Bertz CT molecular complexity index is 2260. The predicted molar refractivity (Wildman–Crippen MR) is 213 cm³/mol. The Morgan fingerprint density at radius 1 is 0.593 bits per heavy atom. The number of allylic oxidation sites excluding steroid dienone is 6. The number of hydrogen-bond donors (Lipinski definition) is 4. The largest absolute Gasteiger partial charge is 0.499 e. The maximum atomic E-state index is 11.3. The fourth-order valence-electron chi connectivity index (χ4n) is 9.22. The summed E-state index contributed by atoms with van der Waals surface area (Å²) in [5.41, 5.74) is 15.1. The Morgan fingerprint density at radius 3 is 1.25 bits per heavy atom. The number of aromatic nitrogens is 1. The molecule has 2 heterocycles. The first-order valence-electron chi connectivity index (χ1n) is 18.9. The third kappa shape index (κ3) is 7.12. The van der Waals surface area contributed by atoms with Crippen molar-refractivity contribution < 1.29 is 41.5 Å². The molecule has 0 spiro atoms. The number of pyridine rings is 1. The van der Waals surface area contributed by atoms with Gasteiger partial charge < -0.3 is 10.8 Å². The molecule has 1 fully saturated rings. The van der Waals surface area contributed by atoms with Crippen molar-refractivity contribution in [3.63, 3.8) is 0 Å². The topological polar surface area (TPSA) is 180 Å². The van der Waals surface area contributed by atoms with E-state index in [1.54, 1.807) is 12.4 Å². The number of rotatable bonds is 4. The minimum absolute atomic E-state index is 0. The predicted octanol–water partition coefficient (Wildman–Crippen LogP) is 8.25. The van der Waals surface area contributed by atoms with Crippen LogP contribution in [0.15, 0.2) is 167 Å². The van der Waals surface area contributed by atoms with Crippen LogP contribution in [0.2, 0.25) is 0 Å². The van der Waals surface area contributed by atoms with Crippen LogP contribution in [-0.4, -0.2) is 27.3 Å². The number of benzene rings is 4. The molecule has 1 aromatic heterocycles. The van der Waals surface area contributed by atoms with Gasteiger partial charge in [-0.05, 0) is 72.9 Å². The van der Waals surface area contributed by atoms with Crippen molar-refractivity contribution >= 4 is 11.9 Å². The van der Waals surface area contributed by atoms with Crippen molar-refractivity contribution in [3.05, 3.63) is 217 Å². The Morgan fingerprint density at radius 2 is 0.966 bits per heavy atom. The van der Waals surface area contributed by atoms with E-state index in [-0.39, 0.29) is 70.1 Å². The number of carbonyl (C=O) groups excluding carboxylic acids is 2. The molecule has 7 aliphatic carbocycles. The van der Waals surface area contributed by atoms with Gasteiger partial charge in [-0.2, -0.15) is 6.42 Å². The zero-order valence-corrected chi connectivity index (χ0v) is 32.6. The van der Waals surface area contributed by atoms with Gasteiger partial charge in [0.15, 0.2) is 0 Å². The molecule has 1 aliphatic heterocycles. The molecule has 8 aliphatic rings. The van der Waals surface area contributed by atoms with E-state index in [0.29, 0.717) is 29.2 Å². The summed E-state index contributed by atoms with van der Waals surface area (Å²) >= 11 is 0. The molecule has 1 radical (unpaired) electrons. The number of esters is 2. The van der Waals surface area contributed by atoms with Crippen molar-refractivity contribution in [2.75, 3.05) is 0 Å². The molecule has 4 bridgehead atoms. The van der Waals surface area contributed by atoms with Crippen LogP contribution in [0.25, 0.3) is 0 Å². The van der Waals surface area contributed by atoms with Crippen LogP contribution < -0.4 is 11.0 Å². The molecular weight excluding hydrogens is 793 g/mol. The number of fused-ring (bicyclic) bond motifs is 1. The summed E-state index contributed by atoms with van der Waals surface area (Å²) in [5.74, 6) is -1.86. The molecule has 5 aromatic rings. The van der Waals surface area contributed by atoms with Gasteiger partial charge in [-0.25, -0.2) is 0 Å².